The molecule has 1 N–H and O–H groups in total. The summed E-state index contributed by atoms with van der Waals surface area (Å²) in [6.45, 7) is 0. The lowest BCUT2D eigenvalue weighted by atomic mass is 9.43. The second-order valence-corrected chi connectivity index (χ2v) is 10.5. The van der Waals surface area contributed by atoms with Crippen molar-refractivity contribution in [3.05, 3.63) is 71.8 Å². The van der Waals surface area contributed by atoms with Gasteiger partial charge in [-0.15, -0.1) is 0 Å². The molecule has 0 heterocycles. The van der Waals surface area contributed by atoms with Crippen molar-refractivity contribution in [1.29, 1.82) is 0 Å². The topological polar surface area (TPSA) is 20.2 Å². The fourth-order valence-electron chi connectivity index (χ4n) is 6.71. The van der Waals surface area contributed by atoms with Gasteiger partial charge in [0.1, 0.15) is 5.60 Å². The van der Waals surface area contributed by atoms with Crippen molar-refractivity contribution in [2.75, 3.05) is 0 Å². The fourth-order valence-corrected chi connectivity index (χ4v) is 8.16. The predicted octanol–water partition coefficient (Wildman–Crippen LogP) is 5.66. The van der Waals surface area contributed by atoms with E-state index in [1.807, 2.05) is 12.1 Å². The summed E-state index contributed by atoms with van der Waals surface area (Å²) in [4.78, 5) is 0. The summed E-state index contributed by atoms with van der Waals surface area (Å²) in [5.41, 5.74) is 1.13. The van der Waals surface area contributed by atoms with E-state index in [4.69, 9.17) is 0 Å². The molecule has 2 atom stereocenters. The van der Waals surface area contributed by atoms with E-state index in [0.29, 0.717) is 0 Å². The standard InChI is InChI=1S/C23H25BrO/c24-22-14-17-11-18(15-22)13-21(12-17,16-22)23(25,19-7-3-1-4-8-19)20-9-5-2-6-10-20/h1-10,17-18,25H,11-16H2/t17-,18-,21?,22?/m0/s1. The van der Waals surface area contributed by atoms with Crippen LogP contribution in [0.15, 0.2) is 60.7 Å². The van der Waals surface area contributed by atoms with E-state index < -0.39 is 5.60 Å². The third kappa shape index (κ3) is 2.30. The van der Waals surface area contributed by atoms with E-state index in [2.05, 4.69) is 64.5 Å². The first kappa shape index (κ1) is 16.1. The van der Waals surface area contributed by atoms with Gasteiger partial charge in [0.2, 0.25) is 0 Å². The van der Waals surface area contributed by atoms with Crippen molar-refractivity contribution in [1.82, 2.24) is 0 Å². The molecule has 2 aromatic rings. The van der Waals surface area contributed by atoms with E-state index in [-0.39, 0.29) is 9.74 Å². The summed E-state index contributed by atoms with van der Waals surface area (Å²) >= 11 is 4.12. The summed E-state index contributed by atoms with van der Waals surface area (Å²) in [5.74, 6) is 1.50. The molecule has 6 rings (SSSR count). The normalized spacial score (nSPS) is 36.6. The Hall–Kier alpha value is -1.12. The molecule has 0 saturated heterocycles. The molecule has 4 bridgehead atoms. The molecule has 0 amide bonds. The highest BCUT2D eigenvalue weighted by Crippen LogP contribution is 2.70. The van der Waals surface area contributed by atoms with Gasteiger partial charge in [0, 0.05) is 9.74 Å². The molecular formula is C23H25BrO. The first-order valence-corrected chi connectivity index (χ1v) is 10.3. The number of hydrogen-bond donors (Lipinski definition) is 1. The molecule has 1 nitrogen and oxygen atoms in total. The average molecular weight is 397 g/mol. The number of halogens is 1. The first-order chi connectivity index (χ1) is 12.0. The smallest absolute Gasteiger partial charge is 0.120 e. The SMILES string of the molecule is OC(c1ccccc1)(c1ccccc1)C12C[C@@H]3C[C@H](CC(Br)(C3)C1)C2. The molecule has 130 valence electrons. The lowest BCUT2D eigenvalue weighted by Gasteiger charge is -2.65. The lowest BCUT2D eigenvalue weighted by molar-refractivity contribution is -0.155. The highest BCUT2D eigenvalue weighted by molar-refractivity contribution is 9.10. The summed E-state index contributed by atoms with van der Waals surface area (Å²) < 4.78 is 0.231. The molecule has 0 unspecified atom stereocenters. The Morgan fingerprint density at radius 2 is 1.28 bits per heavy atom. The molecule has 4 aliphatic rings. The molecule has 4 fully saturated rings. The first-order valence-electron chi connectivity index (χ1n) is 9.55. The molecule has 4 saturated carbocycles. The number of hydrogen-bond acceptors (Lipinski definition) is 1. The van der Waals surface area contributed by atoms with Gasteiger partial charge in [-0.1, -0.05) is 76.6 Å². The van der Waals surface area contributed by atoms with Crippen molar-refractivity contribution in [2.24, 2.45) is 17.3 Å². The van der Waals surface area contributed by atoms with Gasteiger partial charge in [-0.25, -0.2) is 0 Å². The monoisotopic (exact) mass is 396 g/mol. The van der Waals surface area contributed by atoms with Crippen LogP contribution < -0.4 is 0 Å². The Bertz CT molecular complexity index is 716. The maximum absolute atomic E-state index is 12.4. The minimum absolute atomic E-state index is 0.0662. The van der Waals surface area contributed by atoms with Crippen molar-refractivity contribution < 1.29 is 5.11 Å². The van der Waals surface area contributed by atoms with Crippen LogP contribution in [-0.4, -0.2) is 9.43 Å². The van der Waals surface area contributed by atoms with Gasteiger partial charge in [0.25, 0.3) is 0 Å². The van der Waals surface area contributed by atoms with Crippen LogP contribution in [-0.2, 0) is 5.60 Å². The quantitative estimate of drug-likeness (QED) is 0.663. The van der Waals surface area contributed by atoms with Crippen molar-refractivity contribution >= 4 is 15.9 Å². The Labute approximate surface area is 158 Å². The van der Waals surface area contributed by atoms with Crippen LogP contribution in [0.25, 0.3) is 0 Å². The number of aliphatic hydroxyl groups is 1. The van der Waals surface area contributed by atoms with E-state index in [9.17, 15) is 5.11 Å². The van der Waals surface area contributed by atoms with E-state index in [1.54, 1.807) is 0 Å². The maximum Gasteiger partial charge on any atom is 0.120 e. The van der Waals surface area contributed by atoms with Gasteiger partial charge in [-0.2, -0.15) is 0 Å². The number of alkyl halides is 1. The van der Waals surface area contributed by atoms with Crippen LogP contribution in [0.3, 0.4) is 0 Å². The van der Waals surface area contributed by atoms with Crippen molar-refractivity contribution in [3.63, 3.8) is 0 Å². The van der Waals surface area contributed by atoms with Gasteiger partial charge in [-0.3, -0.25) is 0 Å². The lowest BCUT2D eigenvalue weighted by Crippen LogP contribution is -2.61. The van der Waals surface area contributed by atoms with Crippen LogP contribution in [0.4, 0.5) is 0 Å². The minimum atomic E-state index is -0.910. The van der Waals surface area contributed by atoms with Crippen molar-refractivity contribution in [2.45, 2.75) is 48.5 Å². The number of benzene rings is 2. The molecule has 2 aromatic carbocycles. The third-order valence-electron chi connectivity index (χ3n) is 7.14. The molecule has 25 heavy (non-hydrogen) atoms. The molecule has 4 aliphatic carbocycles. The Balaban J connectivity index is 1.72. The van der Waals surface area contributed by atoms with Gasteiger partial charge in [0.15, 0.2) is 0 Å². The fraction of sp³-hybridized carbons (Fsp3) is 0.478. The predicted molar refractivity (Wildman–Crippen MR) is 105 cm³/mol. The zero-order valence-corrected chi connectivity index (χ0v) is 16.1. The van der Waals surface area contributed by atoms with E-state index >= 15 is 0 Å². The maximum atomic E-state index is 12.4. The molecule has 0 aliphatic heterocycles. The summed E-state index contributed by atoms with van der Waals surface area (Å²) in [6.07, 6.45) is 7.30. The minimum Gasteiger partial charge on any atom is -0.380 e. The molecule has 2 heteroatoms. The molecule has 0 aromatic heterocycles. The van der Waals surface area contributed by atoms with E-state index in [0.717, 1.165) is 42.2 Å². The van der Waals surface area contributed by atoms with Crippen molar-refractivity contribution in [3.8, 4) is 0 Å². The summed E-state index contributed by atoms with van der Waals surface area (Å²) in [6, 6.07) is 20.8. The second kappa shape index (κ2) is 5.44. The molecule has 0 spiro atoms. The van der Waals surface area contributed by atoms with Gasteiger partial charge < -0.3 is 5.11 Å². The van der Waals surface area contributed by atoms with Crippen LogP contribution in [0.2, 0.25) is 0 Å². The van der Waals surface area contributed by atoms with Gasteiger partial charge in [0.05, 0.1) is 0 Å². The third-order valence-corrected chi connectivity index (χ3v) is 8.07. The van der Waals surface area contributed by atoms with Crippen LogP contribution in [0.1, 0.15) is 49.7 Å². The van der Waals surface area contributed by atoms with Crippen LogP contribution in [0, 0.1) is 17.3 Å². The second-order valence-electron chi connectivity index (χ2n) is 8.83. The summed E-state index contributed by atoms with van der Waals surface area (Å²) in [7, 11) is 0. The van der Waals surface area contributed by atoms with E-state index in [1.165, 1.54) is 19.3 Å². The Morgan fingerprint density at radius 1 is 0.800 bits per heavy atom. The highest BCUT2D eigenvalue weighted by Gasteiger charge is 2.64. The zero-order chi connectivity index (χ0) is 17.1. The zero-order valence-electron chi connectivity index (χ0n) is 14.5. The van der Waals surface area contributed by atoms with Crippen LogP contribution >= 0.6 is 15.9 Å². The summed E-state index contributed by atoms with van der Waals surface area (Å²) in [5, 5.41) is 12.4. The Kier molecular flexibility index (Phi) is 3.50. The van der Waals surface area contributed by atoms with Gasteiger partial charge in [-0.05, 0) is 61.5 Å². The molecular weight excluding hydrogens is 372 g/mol. The molecule has 0 radical (unpaired) electrons. The Morgan fingerprint density at radius 3 is 1.72 bits per heavy atom. The average Bonchev–Trinajstić information content (AvgIpc) is 2.60. The van der Waals surface area contributed by atoms with Crippen LogP contribution in [0.5, 0.6) is 0 Å². The largest absolute Gasteiger partial charge is 0.380 e. The van der Waals surface area contributed by atoms with Gasteiger partial charge >= 0.3 is 0 Å². The highest BCUT2D eigenvalue weighted by atomic mass is 79.9. The number of rotatable bonds is 3.